The second kappa shape index (κ2) is 5.96. The molecule has 6 saturated carbocycles. The van der Waals surface area contributed by atoms with Crippen LogP contribution in [-0.2, 0) is 9.53 Å². The summed E-state index contributed by atoms with van der Waals surface area (Å²) >= 11 is 0. The number of hydrogen-bond donors (Lipinski definition) is 2. The number of fused-ring (bicyclic) bond motifs is 2. The molecule has 0 aliphatic heterocycles. The Morgan fingerprint density at radius 1 is 0.844 bits per heavy atom. The van der Waals surface area contributed by atoms with E-state index in [2.05, 4.69) is 0 Å². The molecule has 7 unspecified atom stereocenters. The predicted octanol–water partition coefficient (Wildman–Crippen LogP) is 4.52. The molecule has 32 heavy (non-hydrogen) atoms. The van der Waals surface area contributed by atoms with E-state index in [0.717, 1.165) is 0 Å². The lowest BCUT2D eigenvalue weighted by atomic mass is 9.44. The molecule has 10 heteroatoms. The summed E-state index contributed by atoms with van der Waals surface area (Å²) in [5.41, 5.74) is -11.1. The van der Waals surface area contributed by atoms with Gasteiger partial charge < -0.3 is 14.9 Å². The van der Waals surface area contributed by atoms with Gasteiger partial charge in [0.15, 0.2) is 5.41 Å². The van der Waals surface area contributed by atoms with E-state index in [1.807, 2.05) is 6.92 Å². The van der Waals surface area contributed by atoms with Crippen molar-refractivity contribution in [1.82, 2.24) is 0 Å². The Kier molecular flexibility index (Phi) is 4.24. The third-order valence-electron chi connectivity index (χ3n) is 9.72. The molecular formula is C22H28F6O4. The van der Waals surface area contributed by atoms with Crippen LogP contribution in [0.4, 0.5) is 26.3 Å². The lowest BCUT2D eigenvalue weighted by molar-refractivity contribution is -0.355. The highest BCUT2D eigenvalue weighted by atomic mass is 19.4. The Bertz CT molecular complexity index is 832. The zero-order chi connectivity index (χ0) is 23.8. The van der Waals surface area contributed by atoms with Gasteiger partial charge in [-0.15, -0.1) is 0 Å². The highest BCUT2D eigenvalue weighted by molar-refractivity contribution is 5.80. The number of ether oxygens (including phenoxy) is 1. The van der Waals surface area contributed by atoms with E-state index in [9.17, 15) is 41.4 Å². The van der Waals surface area contributed by atoms with Gasteiger partial charge in [-0.05, 0) is 49.4 Å². The Morgan fingerprint density at radius 2 is 1.41 bits per heavy atom. The summed E-state index contributed by atoms with van der Waals surface area (Å²) in [4.78, 5) is 13.3. The van der Waals surface area contributed by atoms with Crippen LogP contribution in [0.15, 0.2) is 0 Å². The molecule has 6 bridgehead atoms. The standard InChI is InChI=1S/C22H28F6O4/c1-11-12(2)14-3-13(11)4-20(14,22(26,27)28)15(29)32-19-7-16(21(23,24)25)5-17(30,9-19)8-18(31,6-16)10-19/h11-14,30-31H,3-10H2,1-2H3. The summed E-state index contributed by atoms with van der Waals surface area (Å²) in [6.45, 7) is 3.54. The first-order valence-corrected chi connectivity index (χ1v) is 11.2. The molecule has 0 amide bonds. The van der Waals surface area contributed by atoms with Gasteiger partial charge in [-0.25, -0.2) is 0 Å². The molecule has 0 heterocycles. The van der Waals surface area contributed by atoms with Gasteiger partial charge in [0.1, 0.15) is 5.60 Å². The van der Waals surface area contributed by atoms with E-state index < -0.39 is 77.6 Å². The monoisotopic (exact) mass is 470 g/mol. The van der Waals surface area contributed by atoms with E-state index in [1.54, 1.807) is 6.92 Å². The quantitative estimate of drug-likeness (QED) is 0.460. The van der Waals surface area contributed by atoms with Crippen LogP contribution in [0.3, 0.4) is 0 Å². The Hall–Kier alpha value is -1.03. The second-order valence-electron chi connectivity index (χ2n) is 11.9. The number of halogens is 6. The molecule has 2 N–H and O–H groups in total. The molecule has 6 aliphatic carbocycles. The van der Waals surface area contributed by atoms with Crippen molar-refractivity contribution in [2.75, 3.05) is 0 Å². The Balaban J connectivity index is 1.53. The minimum Gasteiger partial charge on any atom is -0.458 e. The third kappa shape index (κ3) is 2.74. The molecule has 0 aromatic rings. The topological polar surface area (TPSA) is 66.8 Å². The van der Waals surface area contributed by atoms with Gasteiger partial charge in [0, 0.05) is 25.7 Å². The van der Waals surface area contributed by atoms with E-state index in [1.165, 1.54) is 0 Å². The lowest BCUT2D eigenvalue weighted by Gasteiger charge is -2.66. The fourth-order valence-electron chi connectivity index (χ4n) is 8.85. The van der Waals surface area contributed by atoms with Crippen molar-refractivity contribution in [3.05, 3.63) is 0 Å². The number of hydrogen-bond acceptors (Lipinski definition) is 4. The lowest BCUT2D eigenvalue weighted by Crippen LogP contribution is -2.73. The van der Waals surface area contributed by atoms with Crippen LogP contribution in [-0.4, -0.2) is 45.3 Å². The first-order chi connectivity index (χ1) is 14.4. The number of carbonyl (C=O) groups is 1. The minimum absolute atomic E-state index is 0.0118. The maximum Gasteiger partial charge on any atom is 0.405 e. The van der Waals surface area contributed by atoms with Crippen LogP contribution in [0.25, 0.3) is 0 Å². The molecule has 4 nitrogen and oxygen atoms in total. The maximum absolute atomic E-state index is 14.4. The van der Waals surface area contributed by atoms with Crippen LogP contribution in [0.1, 0.15) is 65.2 Å². The number of carbonyl (C=O) groups excluding carboxylic acids is 1. The number of aliphatic hydroxyl groups is 2. The molecule has 6 aliphatic rings. The molecule has 6 fully saturated rings. The molecule has 0 radical (unpaired) electrons. The molecule has 0 aromatic carbocycles. The molecule has 0 aromatic heterocycles. The fraction of sp³-hybridized carbons (Fsp3) is 0.955. The zero-order valence-corrected chi connectivity index (χ0v) is 17.9. The van der Waals surface area contributed by atoms with Gasteiger partial charge in [-0.3, -0.25) is 4.79 Å². The normalized spacial score (nSPS) is 54.3. The molecular weight excluding hydrogens is 442 g/mol. The van der Waals surface area contributed by atoms with Crippen molar-refractivity contribution in [2.45, 2.75) is 94.4 Å². The third-order valence-corrected chi connectivity index (χ3v) is 9.72. The second-order valence-corrected chi connectivity index (χ2v) is 11.9. The van der Waals surface area contributed by atoms with Crippen LogP contribution in [0.5, 0.6) is 0 Å². The molecule has 0 saturated heterocycles. The Morgan fingerprint density at radius 3 is 1.84 bits per heavy atom. The number of esters is 1. The number of rotatable bonds is 2. The van der Waals surface area contributed by atoms with E-state index in [4.69, 9.17) is 4.74 Å². The summed E-state index contributed by atoms with van der Waals surface area (Å²) < 4.78 is 91.0. The van der Waals surface area contributed by atoms with Gasteiger partial charge in [-0.1, -0.05) is 13.8 Å². The smallest absolute Gasteiger partial charge is 0.405 e. The van der Waals surface area contributed by atoms with Crippen LogP contribution in [0.2, 0.25) is 0 Å². The Labute approximate surface area is 181 Å². The summed E-state index contributed by atoms with van der Waals surface area (Å²) in [6, 6.07) is 0. The van der Waals surface area contributed by atoms with Gasteiger partial charge in [0.05, 0.1) is 16.6 Å². The largest absolute Gasteiger partial charge is 0.458 e. The van der Waals surface area contributed by atoms with Gasteiger partial charge >= 0.3 is 18.3 Å². The SMILES string of the molecule is CC1C2CC(C1C)C(C(=O)OC13CC4(O)CC(O)(C1)CC(C(F)(F)F)(C4)C3)(C(F)(F)F)C2. The highest BCUT2D eigenvalue weighted by Gasteiger charge is 2.78. The zero-order valence-electron chi connectivity index (χ0n) is 17.9. The molecule has 6 rings (SSSR count). The van der Waals surface area contributed by atoms with Crippen molar-refractivity contribution in [3.63, 3.8) is 0 Å². The fourth-order valence-corrected chi connectivity index (χ4v) is 8.85. The highest BCUT2D eigenvalue weighted by Crippen LogP contribution is 2.71. The average molecular weight is 470 g/mol. The van der Waals surface area contributed by atoms with Crippen molar-refractivity contribution >= 4 is 5.97 Å². The van der Waals surface area contributed by atoms with Gasteiger partial charge in [-0.2, -0.15) is 26.3 Å². The van der Waals surface area contributed by atoms with Crippen molar-refractivity contribution in [2.24, 2.45) is 34.5 Å². The van der Waals surface area contributed by atoms with E-state index in [-0.39, 0.29) is 43.4 Å². The molecule has 0 spiro atoms. The van der Waals surface area contributed by atoms with Crippen LogP contribution < -0.4 is 0 Å². The first kappa shape index (κ1) is 22.7. The average Bonchev–Trinajstić information content (AvgIpc) is 3.08. The van der Waals surface area contributed by atoms with Crippen molar-refractivity contribution in [3.8, 4) is 0 Å². The van der Waals surface area contributed by atoms with Crippen LogP contribution >= 0.6 is 0 Å². The summed E-state index contributed by atoms with van der Waals surface area (Å²) in [5.74, 6) is -3.21. The predicted molar refractivity (Wildman–Crippen MR) is 97.9 cm³/mol. The summed E-state index contributed by atoms with van der Waals surface area (Å²) in [6.07, 6.45) is -13.0. The van der Waals surface area contributed by atoms with E-state index in [0.29, 0.717) is 0 Å². The van der Waals surface area contributed by atoms with E-state index >= 15 is 0 Å². The summed E-state index contributed by atoms with van der Waals surface area (Å²) in [5, 5.41) is 21.7. The molecule has 182 valence electrons. The van der Waals surface area contributed by atoms with Gasteiger partial charge in [0.25, 0.3) is 0 Å². The summed E-state index contributed by atoms with van der Waals surface area (Å²) in [7, 11) is 0. The van der Waals surface area contributed by atoms with Crippen LogP contribution in [0, 0.1) is 34.5 Å². The first-order valence-electron chi connectivity index (χ1n) is 11.2. The van der Waals surface area contributed by atoms with Crippen molar-refractivity contribution in [1.29, 1.82) is 0 Å². The molecule has 7 atom stereocenters. The maximum atomic E-state index is 14.4. The van der Waals surface area contributed by atoms with Crippen molar-refractivity contribution < 1.29 is 46.1 Å². The minimum atomic E-state index is -4.91. The number of alkyl halides is 6. The van der Waals surface area contributed by atoms with Gasteiger partial charge in [0.2, 0.25) is 0 Å².